The summed E-state index contributed by atoms with van der Waals surface area (Å²) >= 11 is 0. The Bertz CT molecular complexity index is 334. The Morgan fingerprint density at radius 2 is 2.40 bits per heavy atom. The van der Waals surface area contributed by atoms with E-state index >= 15 is 0 Å². The third kappa shape index (κ3) is 3.20. The second-order valence-corrected chi connectivity index (χ2v) is 4.43. The van der Waals surface area contributed by atoms with Crippen molar-refractivity contribution in [2.45, 2.75) is 38.8 Å². The zero-order valence-electron chi connectivity index (χ0n) is 9.48. The molecule has 1 aromatic heterocycles. The summed E-state index contributed by atoms with van der Waals surface area (Å²) in [4.78, 5) is 0. The standard InChI is InChI=1S/C12H19N3/c1-10(2)15-9-11(8-14-15)4-3-7-13-12-5-6-12/h3-4,8-10,12-13H,5-7H2,1-2H3/b4-3+. The van der Waals surface area contributed by atoms with E-state index in [9.17, 15) is 0 Å². The average molecular weight is 205 g/mol. The van der Waals surface area contributed by atoms with Crippen LogP contribution >= 0.6 is 0 Å². The number of hydrogen-bond acceptors (Lipinski definition) is 2. The molecule has 0 aromatic carbocycles. The summed E-state index contributed by atoms with van der Waals surface area (Å²) in [5.41, 5.74) is 1.18. The normalized spacial score (nSPS) is 16.7. The predicted molar refractivity (Wildman–Crippen MR) is 62.7 cm³/mol. The van der Waals surface area contributed by atoms with Crippen LogP contribution in [0.4, 0.5) is 0 Å². The minimum absolute atomic E-state index is 0.441. The zero-order valence-corrected chi connectivity index (χ0v) is 9.48. The molecule has 82 valence electrons. The maximum atomic E-state index is 4.29. The first-order valence-electron chi connectivity index (χ1n) is 5.70. The van der Waals surface area contributed by atoms with E-state index in [-0.39, 0.29) is 0 Å². The molecule has 0 amide bonds. The smallest absolute Gasteiger partial charge is 0.0562 e. The number of rotatable bonds is 5. The number of nitrogens with one attached hydrogen (secondary N) is 1. The fraction of sp³-hybridized carbons (Fsp3) is 0.583. The van der Waals surface area contributed by atoms with Crippen LogP contribution in [-0.2, 0) is 0 Å². The van der Waals surface area contributed by atoms with Crippen LogP contribution in [0.1, 0.15) is 38.3 Å². The fourth-order valence-corrected chi connectivity index (χ4v) is 1.44. The molecule has 2 rings (SSSR count). The van der Waals surface area contributed by atoms with E-state index in [0.717, 1.165) is 12.6 Å². The van der Waals surface area contributed by atoms with Gasteiger partial charge in [-0.2, -0.15) is 5.10 Å². The van der Waals surface area contributed by atoms with Gasteiger partial charge in [-0.05, 0) is 26.7 Å². The molecule has 1 aromatic rings. The van der Waals surface area contributed by atoms with Crippen molar-refractivity contribution < 1.29 is 0 Å². The van der Waals surface area contributed by atoms with Crippen LogP contribution in [0.15, 0.2) is 18.5 Å². The molecule has 0 atom stereocenters. The summed E-state index contributed by atoms with van der Waals surface area (Å²) in [5, 5.41) is 7.73. The van der Waals surface area contributed by atoms with Crippen LogP contribution in [0.25, 0.3) is 6.08 Å². The molecule has 0 unspecified atom stereocenters. The molecule has 15 heavy (non-hydrogen) atoms. The highest BCUT2D eigenvalue weighted by Gasteiger charge is 2.18. The summed E-state index contributed by atoms with van der Waals surface area (Å²) in [6.45, 7) is 5.24. The molecule has 3 heteroatoms. The maximum absolute atomic E-state index is 4.29. The first kappa shape index (κ1) is 10.4. The Morgan fingerprint density at radius 3 is 3.00 bits per heavy atom. The van der Waals surface area contributed by atoms with Crippen molar-refractivity contribution in [3.63, 3.8) is 0 Å². The highest BCUT2D eigenvalue weighted by molar-refractivity contribution is 5.46. The molecule has 1 heterocycles. The van der Waals surface area contributed by atoms with E-state index in [1.54, 1.807) is 0 Å². The molecular formula is C12H19N3. The zero-order chi connectivity index (χ0) is 10.7. The quantitative estimate of drug-likeness (QED) is 0.799. The van der Waals surface area contributed by atoms with Gasteiger partial charge in [-0.15, -0.1) is 0 Å². The lowest BCUT2D eigenvalue weighted by molar-refractivity contribution is 0.532. The summed E-state index contributed by atoms with van der Waals surface area (Å²) in [6.07, 6.45) is 11.0. The number of aromatic nitrogens is 2. The lowest BCUT2D eigenvalue weighted by atomic mass is 10.3. The molecule has 1 fully saturated rings. The predicted octanol–water partition coefficient (Wildman–Crippen LogP) is 2.23. The van der Waals surface area contributed by atoms with E-state index in [1.165, 1.54) is 18.4 Å². The molecule has 3 nitrogen and oxygen atoms in total. The molecule has 0 spiro atoms. The van der Waals surface area contributed by atoms with E-state index < -0.39 is 0 Å². The van der Waals surface area contributed by atoms with Gasteiger partial charge in [-0.1, -0.05) is 12.2 Å². The van der Waals surface area contributed by atoms with Crippen molar-refractivity contribution in [3.8, 4) is 0 Å². The van der Waals surface area contributed by atoms with Crippen molar-refractivity contribution in [1.29, 1.82) is 0 Å². The summed E-state index contributed by atoms with van der Waals surface area (Å²) in [5.74, 6) is 0. The second-order valence-electron chi connectivity index (χ2n) is 4.43. The average Bonchev–Trinajstić information content (AvgIpc) is 2.90. The highest BCUT2D eigenvalue weighted by Crippen LogP contribution is 2.18. The summed E-state index contributed by atoms with van der Waals surface area (Å²) in [7, 11) is 0. The monoisotopic (exact) mass is 205 g/mol. The van der Waals surface area contributed by atoms with Gasteiger partial charge < -0.3 is 5.32 Å². The van der Waals surface area contributed by atoms with Gasteiger partial charge in [0.15, 0.2) is 0 Å². The van der Waals surface area contributed by atoms with Crippen molar-refractivity contribution >= 4 is 6.08 Å². The molecule has 1 aliphatic rings. The van der Waals surface area contributed by atoms with Gasteiger partial charge in [-0.25, -0.2) is 0 Å². The molecule has 0 aliphatic heterocycles. The Balaban J connectivity index is 1.80. The molecule has 0 saturated heterocycles. The van der Waals surface area contributed by atoms with Gasteiger partial charge in [0.2, 0.25) is 0 Å². The van der Waals surface area contributed by atoms with Gasteiger partial charge >= 0.3 is 0 Å². The molecule has 1 N–H and O–H groups in total. The van der Waals surface area contributed by atoms with Gasteiger partial charge in [-0.3, -0.25) is 4.68 Å². The van der Waals surface area contributed by atoms with Crippen molar-refractivity contribution in [3.05, 3.63) is 24.0 Å². The van der Waals surface area contributed by atoms with Crippen LogP contribution in [0.5, 0.6) is 0 Å². The molecule has 0 radical (unpaired) electrons. The summed E-state index contributed by atoms with van der Waals surface area (Å²) < 4.78 is 1.98. The number of nitrogens with zero attached hydrogens (tertiary/aromatic N) is 2. The van der Waals surface area contributed by atoms with Gasteiger partial charge in [0.25, 0.3) is 0 Å². The van der Waals surface area contributed by atoms with Crippen molar-refractivity contribution in [2.75, 3.05) is 6.54 Å². The molecule has 0 bridgehead atoms. The SMILES string of the molecule is CC(C)n1cc(/C=C/CNC2CC2)cn1. The highest BCUT2D eigenvalue weighted by atomic mass is 15.3. The minimum Gasteiger partial charge on any atom is -0.311 e. The lowest BCUT2D eigenvalue weighted by Crippen LogP contribution is -2.15. The Labute approximate surface area is 91.2 Å². The minimum atomic E-state index is 0.441. The Morgan fingerprint density at radius 1 is 1.60 bits per heavy atom. The molecule has 1 aliphatic carbocycles. The van der Waals surface area contributed by atoms with Gasteiger partial charge in [0.1, 0.15) is 0 Å². The molecule has 1 saturated carbocycles. The lowest BCUT2D eigenvalue weighted by Gasteiger charge is -2.02. The van der Waals surface area contributed by atoms with Crippen LogP contribution in [0.3, 0.4) is 0 Å². The van der Waals surface area contributed by atoms with Crippen LogP contribution in [0.2, 0.25) is 0 Å². The largest absolute Gasteiger partial charge is 0.311 e. The van der Waals surface area contributed by atoms with E-state index in [2.05, 4.69) is 42.6 Å². The topological polar surface area (TPSA) is 29.9 Å². The van der Waals surface area contributed by atoms with Gasteiger partial charge in [0.05, 0.1) is 6.20 Å². The van der Waals surface area contributed by atoms with E-state index in [4.69, 9.17) is 0 Å². The van der Waals surface area contributed by atoms with Crippen LogP contribution in [0, 0.1) is 0 Å². The van der Waals surface area contributed by atoms with Crippen molar-refractivity contribution in [1.82, 2.24) is 15.1 Å². The third-order valence-electron chi connectivity index (χ3n) is 2.56. The van der Waals surface area contributed by atoms with Crippen LogP contribution < -0.4 is 5.32 Å². The van der Waals surface area contributed by atoms with E-state index in [1.807, 2.05) is 10.9 Å². The maximum Gasteiger partial charge on any atom is 0.0562 e. The van der Waals surface area contributed by atoms with Crippen molar-refractivity contribution in [2.24, 2.45) is 0 Å². The van der Waals surface area contributed by atoms with Gasteiger partial charge in [0, 0.05) is 30.4 Å². The van der Waals surface area contributed by atoms with Crippen LogP contribution in [-0.4, -0.2) is 22.4 Å². The first-order valence-corrected chi connectivity index (χ1v) is 5.70. The Hall–Kier alpha value is -1.09. The van der Waals surface area contributed by atoms with E-state index in [0.29, 0.717) is 6.04 Å². The molecular weight excluding hydrogens is 186 g/mol. The summed E-state index contributed by atoms with van der Waals surface area (Å²) in [6, 6.07) is 1.23. The third-order valence-corrected chi connectivity index (χ3v) is 2.56. The Kier molecular flexibility index (Phi) is 3.21. The fourth-order valence-electron chi connectivity index (χ4n) is 1.44. The second kappa shape index (κ2) is 4.62. The first-order chi connectivity index (χ1) is 7.25. The number of hydrogen-bond donors (Lipinski definition) is 1.